The zero-order valence-corrected chi connectivity index (χ0v) is 16.1. The first-order chi connectivity index (χ1) is 13.0. The smallest absolute Gasteiger partial charge is 0.348 e. The second-order valence-electron chi connectivity index (χ2n) is 7.29. The largest absolute Gasteiger partial charge is 0.399 e. The van der Waals surface area contributed by atoms with Crippen LogP contribution in [0, 0.1) is 6.92 Å². The highest BCUT2D eigenvalue weighted by Gasteiger charge is 2.49. The van der Waals surface area contributed by atoms with Crippen LogP contribution < -0.4 is 5.32 Å². The van der Waals surface area contributed by atoms with E-state index in [0.717, 1.165) is 25.1 Å². The first kappa shape index (κ1) is 19.9. The van der Waals surface area contributed by atoms with E-state index in [4.69, 9.17) is 0 Å². The van der Waals surface area contributed by atoms with Gasteiger partial charge in [-0.1, -0.05) is 6.07 Å². The summed E-state index contributed by atoms with van der Waals surface area (Å²) in [6.45, 7) is 4.45. The molecule has 0 atom stereocenters. The normalized spacial score (nSPS) is 12.4. The van der Waals surface area contributed by atoms with Crippen molar-refractivity contribution in [3.63, 3.8) is 0 Å². The molecule has 8 heteroatoms. The molecule has 3 rings (SSSR count). The van der Waals surface area contributed by atoms with E-state index in [2.05, 4.69) is 15.4 Å². The van der Waals surface area contributed by atoms with Gasteiger partial charge >= 0.3 is 6.18 Å². The van der Waals surface area contributed by atoms with Crippen molar-refractivity contribution in [2.24, 2.45) is 7.05 Å². The molecule has 0 radical (unpaired) electrons. The summed E-state index contributed by atoms with van der Waals surface area (Å²) >= 11 is 0. The highest BCUT2D eigenvalue weighted by Crippen LogP contribution is 2.39. The monoisotopic (exact) mass is 390 g/mol. The predicted octanol–water partition coefficient (Wildman–Crippen LogP) is 4.05. The minimum absolute atomic E-state index is 0.0586. The summed E-state index contributed by atoms with van der Waals surface area (Å²) in [6.07, 6.45) is -2.71. The Morgan fingerprint density at radius 2 is 1.89 bits per heavy atom. The van der Waals surface area contributed by atoms with E-state index in [1.54, 1.807) is 35.1 Å². The molecule has 0 aliphatic heterocycles. The summed E-state index contributed by atoms with van der Waals surface area (Å²) in [5.74, 6) is -0.273. The Morgan fingerprint density at radius 3 is 2.50 bits per heavy atom. The Labute approximate surface area is 160 Å². The molecule has 28 heavy (non-hydrogen) atoms. The lowest BCUT2D eigenvalue weighted by Gasteiger charge is -2.27. The molecule has 0 unspecified atom stereocenters. The molecule has 2 heterocycles. The maximum atomic E-state index is 13.2. The van der Waals surface area contributed by atoms with E-state index in [0.29, 0.717) is 23.0 Å². The van der Waals surface area contributed by atoms with Crippen molar-refractivity contribution in [2.75, 3.05) is 0 Å². The number of fused-ring (bicyclic) bond motifs is 1. The molecule has 1 N–H and O–H groups in total. The molecule has 3 aromatic rings. The number of halogens is 3. The Bertz CT molecular complexity index is 1040. The molecule has 0 aliphatic rings. The van der Waals surface area contributed by atoms with E-state index in [1.807, 2.05) is 14.0 Å². The fourth-order valence-corrected chi connectivity index (χ4v) is 2.76. The number of nitrogens with one attached hydrogen (secondary N) is 1. The molecule has 0 spiro atoms. The van der Waals surface area contributed by atoms with Crippen LogP contribution in [0.2, 0.25) is 0 Å². The van der Waals surface area contributed by atoms with E-state index in [-0.39, 0.29) is 11.6 Å². The minimum Gasteiger partial charge on any atom is -0.348 e. The number of rotatable bonds is 4. The maximum Gasteiger partial charge on any atom is 0.399 e. The third-order valence-electron chi connectivity index (χ3n) is 5.08. The molecule has 0 saturated heterocycles. The van der Waals surface area contributed by atoms with Gasteiger partial charge < -0.3 is 5.32 Å². The van der Waals surface area contributed by atoms with Gasteiger partial charge in [0.1, 0.15) is 5.41 Å². The fourth-order valence-electron chi connectivity index (χ4n) is 2.76. The number of hydrogen-bond acceptors (Lipinski definition) is 3. The number of aromatic nitrogens is 3. The van der Waals surface area contributed by atoms with Crippen LogP contribution in [0.4, 0.5) is 13.2 Å². The van der Waals surface area contributed by atoms with Crippen LogP contribution in [0.5, 0.6) is 0 Å². The van der Waals surface area contributed by atoms with Crippen LogP contribution in [-0.4, -0.2) is 26.8 Å². The zero-order valence-electron chi connectivity index (χ0n) is 16.1. The van der Waals surface area contributed by atoms with Crippen molar-refractivity contribution in [3.8, 4) is 0 Å². The van der Waals surface area contributed by atoms with E-state index >= 15 is 0 Å². The van der Waals surface area contributed by atoms with Gasteiger partial charge in [-0.2, -0.15) is 18.3 Å². The summed E-state index contributed by atoms with van der Waals surface area (Å²) in [5.41, 5.74) is 0.587. The van der Waals surface area contributed by atoms with Crippen molar-refractivity contribution >= 4 is 16.8 Å². The minimum atomic E-state index is -4.40. The van der Waals surface area contributed by atoms with Gasteiger partial charge in [0, 0.05) is 35.8 Å². The van der Waals surface area contributed by atoms with Crippen molar-refractivity contribution < 1.29 is 18.0 Å². The van der Waals surface area contributed by atoms with Crippen LogP contribution >= 0.6 is 0 Å². The van der Waals surface area contributed by atoms with Crippen LogP contribution in [0.15, 0.2) is 36.5 Å². The number of amides is 1. The Hall–Kier alpha value is -2.90. The van der Waals surface area contributed by atoms with E-state index in [1.165, 1.54) is 6.07 Å². The van der Waals surface area contributed by atoms with Crippen LogP contribution in [0.1, 0.15) is 41.2 Å². The van der Waals surface area contributed by atoms with Gasteiger partial charge in [0.2, 0.25) is 0 Å². The molecule has 0 saturated carbocycles. The number of carbonyl (C=O) groups is 1. The molecule has 2 aromatic heterocycles. The van der Waals surface area contributed by atoms with Crippen molar-refractivity contribution in [1.82, 2.24) is 20.1 Å². The first-order valence-corrected chi connectivity index (χ1v) is 8.74. The average Bonchev–Trinajstić information content (AvgIpc) is 2.96. The molecular weight excluding hydrogens is 369 g/mol. The van der Waals surface area contributed by atoms with Crippen LogP contribution in [0.25, 0.3) is 10.9 Å². The van der Waals surface area contributed by atoms with Crippen LogP contribution in [0.3, 0.4) is 0 Å². The van der Waals surface area contributed by atoms with E-state index < -0.39 is 11.6 Å². The highest BCUT2D eigenvalue weighted by atomic mass is 19.4. The number of carbonyl (C=O) groups excluding carboxylic acids is 1. The number of benzene rings is 1. The Kier molecular flexibility index (Phi) is 4.91. The van der Waals surface area contributed by atoms with Gasteiger partial charge in [-0.15, -0.1) is 0 Å². The summed E-state index contributed by atoms with van der Waals surface area (Å²) in [6, 6.07) is 7.67. The standard InChI is InChI=1S/C20H21F3N4O/c1-12-15(11-25-27(12)4)10-24-18(28)14-5-7-16-13(9-14)6-8-17(26-16)19(2,3)20(21,22)23/h5-9,11H,10H2,1-4H3,(H,24,28). The zero-order chi connectivity index (χ0) is 20.7. The maximum absolute atomic E-state index is 13.2. The fraction of sp³-hybridized carbons (Fsp3) is 0.350. The third kappa shape index (κ3) is 3.58. The highest BCUT2D eigenvalue weighted by molar-refractivity contribution is 5.97. The summed E-state index contributed by atoms with van der Waals surface area (Å²) < 4.78 is 41.5. The lowest BCUT2D eigenvalue weighted by Crippen LogP contribution is -2.37. The topological polar surface area (TPSA) is 59.8 Å². The molecule has 0 bridgehead atoms. The number of hydrogen-bond donors (Lipinski definition) is 1. The number of alkyl halides is 3. The summed E-state index contributed by atoms with van der Waals surface area (Å²) in [4.78, 5) is 16.6. The number of nitrogens with zero attached hydrogens (tertiary/aromatic N) is 3. The van der Waals surface area contributed by atoms with Gasteiger partial charge in [-0.25, -0.2) is 0 Å². The van der Waals surface area contributed by atoms with Crippen LogP contribution in [-0.2, 0) is 19.0 Å². The molecule has 0 aliphatic carbocycles. The third-order valence-corrected chi connectivity index (χ3v) is 5.08. The molecule has 0 fully saturated rings. The van der Waals surface area contributed by atoms with Gasteiger partial charge in [0.15, 0.2) is 0 Å². The van der Waals surface area contributed by atoms with Crippen molar-refractivity contribution in [3.05, 3.63) is 59.0 Å². The lowest BCUT2D eigenvalue weighted by molar-refractivity contribution is -0.181. The number of aryl methyl sites for hydroxylation is 1. The summed E-state index contributed by atoms with van der Waals surface area (Å²) in [7, 11) is 1.82. The second-order valence-corrected chi connectivity index (χ2v) is 7.29. The average molecular weight is 390 g/mol. The Morgan fingerprint density at radius 1 is 1.18 bits per heavy atom. The molecule has 5 nitrogen and oxygen atoms in total. The second kappa shape index (κ2) is 6.92. The molecule has 1 aromatic carbocycles. The summed E-state index contributed by atoms with van der Waals surface area (Å²) in [5, 5.41) is 7.56. The van der Waals surface area contributed by atoms with Gasteiger partial charge in [0.25, 0.3) is 5.91 Å². The Balaban J connectivity index is 1.81. The SMILES string of the molecule is Cc1c(CNC(=O)c2ccc3nc(C(C)(C)C(F)(F)F)ccc3c2)cnn1C. The van der Waals surface area contributed by atoms with Gasteiger partial charge in [0.05, 0.1) is 17.4 Å². The predicted molar refractivity (Wildman–Crippen MR) is 99.9 cm³/mol. The van der Waals surface area contributed by atoms with Crippen molar-refractivity contribution in [1.29, 1.82) is 0 Å². The quantitative estimate of drug-likeness (QED) is 0.731. The van der Waals surface area contributed by atoms with Gasteiger partial charge in [-0.3, -0.25) is 14.5 Å². The van der Waals surface area contributed by atoms with Gasteiger partial charge in [-0.05, 0) is 45.0 Å². The lowest BCUT2D eigenvalue weighted by atomic mass is 9.87. The first-order valence-electron chi connectivity index (χ1n) is 8.74. The number of pyridine rings is 1. The molecule has 148 valence electrons. The molecule has 1 amide bonds. The van der Waals surface area contributed by atoms with Crippen molar-refractivity contribution in [2.45, 2.75) is 38.9 Å². The van der Waals surface area contributed by atoms with E-state index in [9.17, 15) is 18.0 Å². The molecular formula is C20H21F3N4O.